The van der Waals surface area contributed by atoms with E-state index in [9.17, 15) is 4.79 Å². The van der Waals surface area contributed by atoms with Crippen LogP contribution in [0.4, 0.5) is 5.69 Å². The number of carbonyl (C=O) groups excluding carboxylic acids is 1. The second-order valence-corrected chi connectivity index (χ2v) is 5.13. The average Bonchev–Trinajstić information content (AvgIpc) is 2.78. The van der Waals surface area contributed by atoms with Crippen LogP contribution in [0.25, 0.3) is 6.08 Å². The van der Waals surface area contributed by atoms with Gasteiger partial charge in [-0.15, -0.1) is 0 Å². The van der Waals surface area contributed by atoms with Crippen LogP contribution in [0.3, 0.4) is 0 Å². The van der Waals surface area contributed by atoms with Gasteiger partial charge < -0.3 is 9.73 Å². The molecule has 2 rings (SSSR count). The number of hydrogen-bond acceptors (Lipinski definition) is 2. The van der Waals surface area contributed by atoms with Crippen molar-refractivity contribution in [1.82, 2.24) is 0 Å². The van der Waals surface area contributed by atoms with E-state index < -0.39 is 0 Å². The number of amides is 1. The molecule has 0 aliphatic rings. The minimum atomic E-state index is -0.323. The summed E-state index contributed by atoms with van der Waals surface area (Å²) >= 11 is 15.0. The minimum absolute atomic E-state index is 0.312. The first-order valence-electron chi connectivity index (χ1n) is 5.24. The predicted octanol–water partition coefficient (Wildman–Crippen LogP) is 5.00. The quantitative estimate of drug-likeness (QED) is 0.782. The lowest BCUT2D eigenvalue weighted by molar-refractivity contribution is -0.111. The molecule has 98 valence electrons. The summed E-state index contributed by atoms with van der Waals surface area (Å²) in [6.07, 6.45) is 2.90. The van der Waals surface area contributed by atoms with Crippen LogP contribution >= 0.6 is 39.1 Å². The van der Waals surface area contributed by atoms with Crippen molar-refractivity contribution in [1.29, 1.82) is 0 Å². The smallest absolute Gasteiger partial charge is 0.248 e. The molecular weight excluding hydrogens is 353 g/mol. The Labute approximate surface area is 128 Å². The first-order chi connectivity index (χ1) is 9.06. The van der Waals surface area contributed by atoms with Crippen molar-refractivity contribution in [3.8, 4) is 0 Å². The van der Waals surface area contributed by atoms with Crippen LogP contribution in [-0.2, 0) is 4.79 Å². The molecule has 1 N–H and O–H groups in total. The molecule has 19 heavy (non-hydrogen) atoms. The number of carbonyl (C=O) groups is 1. The van der Waals surface area contributed by atoms with E-state index in [-0.39, 0.29) is 5.91 Å². The molecule has 0 radical (unpaired) electrons. The number of benzene rings is 1. The van der Waals surface area contributed by atoms with Crippen molar-refractivity contribution in [2.24, 2.45) is 0 Å². The lowest BCUT2D eigenvalue weighted by Crippen LogP contribution is -2.08. The third-order valence-electron chi connectivity index (χ3n) is 2.20. The van der Waals surface area contributed by atoms with Gasteiger partial charge in [0.05, 0.1) is 15.7 Å². The molecule has 0 spiro atoms. The van der Waals surface area contributed by atoms with Crippen LogP contribution in [0.1, 0.15) is 5.76 Å². The molecule has 0 saturated heterocycles. The highest BCUT2D eigenvalue weighted by atomic mass is 79.9. The molecule has 0 bridgehead atoms. The number of anilines is 1. The molecule has 0 aliphatic heterocycles. The van der Waals surface area contributed by atoms with Crippen LogP contribution in [0.2, 0.25) is 10.0 Å². The van der Waals surface area contributed by atoms with Gasteiger partial charge in [-0.2, -0.15) is 0 Å². The monoisotopic (exact) mass is 359 g/mol. The van der Waals surface area contributed by atoms with E-state index in [2.05, 4.69) is 21.2 Å². The molecule has 6 heteroatoms. The zero-order valence-corrected chi connectivity index (χ0v) is 12.6. The number of halogens is 3. The SMILES string of the molecule is O=C(/C=C/c1ccc(Br)o1)Nc1cccc(Cl)c1Cl. The Balaban J connectivity index is 2.05. The summed E-state index contributed by atoms with van der Waals surface area (Å²) in [5, 5.41) is 3.33. The van der Waals surface area contributed by atoms with Gasteiger partial charge in [0, 0.05) is 6.08 Å². The van der Waals surface area contributed by atoms with Crippen LogP contribution in [-0.4, -0.2) is 5.91 Å². The summed E-state index contributed by atoms with van der Waals surface area (Å²) in [4.78, 5) is 11.7. The van der Waals surface area contributed by atoms with E-state index in [1.54, 1.807) is 36.4 Å². The van der Waals surface area contributed by atoms with Crippen molar-refractivity contribution < 1.29 is 9.21 Å². The Bertz CT molecular complexity index is 637. The summed E-state index contributed by atoms with van der Waals surface area (Å²) in [6.45, 7) is 0. The number of nitrogens with one attached hydrogen (secondary N) is 1. The third-order valence-corrected chi connectivity index (χ3v) is 3.45. The Hall–Kier alpha value is -1.23. The van der Waals surface area contributed by atoms with Crippen molar-refractivity contribution >= 4 is 56.8 Å². The van der Waals surface area contributed by atoms with Crippen LogP contribution < -0.4 is 5.32 Å². The first kappa shape index (κ1) is 14.2. The fourth-order valence-corrected chi connectivity index (χ4v) is 2.02. The maximum Gasteiger partial charge on any atom is 0.248 e. The number of rotatable bonds is 3. The highest BCUT2D eigenvalue weighted by Gasteiger charge is 2.06. The molecule has 0 fully saturated rings. The molecule has 1 heterocycles. The Morgan fingerprint density at radius 3 is 2.74 bits per heavy atom. The molecule has 0 atom stereocenters. The lowest BCUT2D eigenvalue weighted by Gasteiger charge is -2.05. The van der Waals surface area contributed by atoms with Gasteiger partial charge in [-0.3, -0.25) is 4.79 Å². The van der Waals surface area contributed by atoms with E-state index in [4.69, 9.17) is 27.6 Å². The Morgan fingerprint density at radius 1 is 1.26 bits per heavy atom. The zero-order valence-electron chi connectivity index (χ0n) is 9.49. The molecule has 1 aromatic heterocycles. The molecule has 0 aliphatic carbocycles. The Kier molecular flexibility index (Phi) is 4.69. The summed E-state index contributed by atoms with van der Waals surface area (Å²) in [5.41, 5.74) is 0.462. The molecule has 2 aromatic rings. The van der Waals surface area contributed by atoms with Crippen LogP contribution in [0.5, 0.6) is 0 Å². The van der Waals surface area contributed by atoms with Crippen LogP contribution in [0.15, 0.2) is 45.5 Å². The molecule has 0 saturated carbocycles. The van der Waals surface area contributed by atoms with Crippen molar-refractivity contribution in [3.05, 3.63) is 56.9 Å². The fraction of sp³-hybridized carbons (Fsp3) is 0. The third kappa shape index (κ3) is 3.86. The predicted molar refractivity (Wildman–Crippen MR) is 80.5 cm³/mol. The molecule has 1 aromatic carbocycles. The summed E-state index contributed by atoms with van der Waals surface area (Å²) < 4.78 is 5.83. The van der Waals surface area contributed by atoms with E-state index in [0.717, 1.165) is 0 Å². The number of furan rings is 1. The maximum atomic E-state index is 11.7. The summed E-state index contributed by atoms with van der Waals surface area (Å²) in [6, 6.07) is 8.50. The summed E-state index contributed by atoms with van der Waals surface area (Å²) in [7, 11) is 0. The zero-order chi connectivity index (χ0) is 13.8. The van der Waals surface area contributed by atoms with Gasteiger partial charge in [0.2, 0.25) is 5.91 Å². The molecule has 3 nitrogen and oxygen atoms in total. The standard InChI is InChI=1S/C13H8BrCl2NO2/c14-11-6-4-8(19-11)5-7-12(18)17-10-3-1-2-9(15)13(10)16/h1-7H,(H,17,18)/b7-5+. The average molecular weight is 361 g/mol. The summed E-state index contributed by atoms with van der Waals surface area (Å²) in [5.74, 6) is 0.246. The van der Waals surface area contributed by atoms with Gasteiger partial charge in [0.15, 0.2) is 4.67 Å². The molecule has 1 amide bonds. The Morgan fingerprint density at radius 2 is 2.05 bits per heavy atom. The first-order valence-corrected chi connectivity index (χ1v) is 6.79. The van der Waals surface area contributed by atoms with E-state index in [1.165, 1.54) is 6.08 Å². The van der Waals surface area contributed by atoms with Crippen molar-refractivity contribution in [3.63, 3.8) is 0 Å². The van der Waals surface area contributed by atoms with Crippen LogP contribution in [0, 0.1) is 0 Å². The molecular formula is C13H8BrCl2NO2. The van der Waals surface area contributed by atoms with Gasteiger partial charge in [0.25, 0.3) is 0 Å². The fourth-order valence-electron chi connectivity index (χ4n) is 1.35. The van der Waals surface area contributed by atoms with E-state index in [1.807, 2.05) is 0 Å². The lowest BCUT2D eigenvalue weighted by atomic mass is 10.3. The second kappa shape index (κ2) is 6.28. The minimum Gasteiger partial charge on any atom is -0.450 e. The van der Waals surface area contributed by atoms with Crippen molar-refractivity contribution in [2.45, 2.75) is 0 Å². The maximum absolute atomic E-state index is 11.7. The van der Waals surface area contributed by atoms with Gasteiger partial charge in [-0.25, -0.2) is 0 Å². The van der Waals surface area contributed by atoms with Gasteiger partial charge in [-0.05, 0) is 46.3 Å². The highest BCUT2D eigenvalue weighted by molar-refractivity contribution is 9.10. The topological polar surface area (TPSA) is 42.2 Å². The van der Waals surface area contributed by atoms with E-state index >= 15 is 0 Å². The van der Waals surface area contributed by atoms with Gasteiger partial charge >= 0.3 is 0 Å². The van der Waals surface area contributed by atoms with Crippen molar-refractivity contribution in [2.75, 3.05) is 5.32 Å². The number of hydrogen-bond donors (Lipinski definition) is 1. The van der Waals surface area contributed by atoms with E-state index in [0.29, 0.717) is 26.2 Å². The highest BCUT2D eigenvalue weighted by Crippen LogP contribution is 2.29. The molecule has 0 unspecified atom stereocenters. The van der Waals surface area contributed by atoms with Gasteiger partial charge in [0.1, 0.15) is 5.76 Å². The van der Waals surface area contributed by atoms with Gasteiger partial charge in [-0.1, -0.05) is 29.3 Å². The normalized spacial score (nSPS) is 10.9. The second-order valence-electron chi connectivity index (χ2n) is 3.57. The largest absolute Gasteiger partial charge is 0.450 e.